The van der Waals surface area contributed by atoms with Gasteiger partial charge in [0, 0.05) is 28.7 Å². The number of fused-ring (bicyclic) bond motifs is 1. The first kappa shape index (κ1) is 20.9. The number of carbonyl (C=O) groups is 2. The number of hydrogen-bond donors (Lipinski definition) is 2. The molecule has 31 heavy (non-hydrogen) atoms. The van der Waals surface area contributed by atoms with E-state index < -0.39 is 11.6 Å². The maximum Gasteiger partial charge on any atom is 0.238 e. The van der Waals surface area contributed by atoms with E-state index in [1.54, 1.807) is 0 Å². The van der Waals surface area contributed by atoms with Crippen molar-refractivity contribution in [2.24, 2.45) is 5.92 Å². The Morgan fingerprint density at radius 3 is 2.42 bits per heavy atom. The SMILES string of the molecule is O=C(CN1CCC(C(=O)Nc2ccc(F)c(F)c2)CC1)Nc1cccc2ccccc12. The molecular formula is C24H23F2N3O2. The second-order valence-electron chi connectivity index (χ2n) is 7.74. The Balaban J connectivity index is 1.28. The Labute approximate surface area is 179 Å². The van der Waals surface area contributed by atoms with Crippen LogP contribution < -0.4 is 10.6 Å². The van der Waals surface area contributed by atoms with Gasteiger partial charge in [0.15, 0.2) is 11.6 Å². The van der Waals surface area contributed by atoms with Crippen molar-refractivity contribution in [1.29, 1.82) is 0 Å². The molecular weight excluding hydrogens is 400 g/mol. The number of benzene rings is 3. The number of nitrogens with one attached hydrogen (secondary N) is 2. The molecule has 1 fully saturated rings. The largest absolute Gasteiger partial charge is 0.326 e. The van der Waals surface area contributed by atoms with Gasteiger partial charge >= 0.3 is 0 Å². The molecule has 0 saturated carbocycles. The molecule has 0 radical (unpaired) electrons. The number of piperidine rings is 1. The molecule has 5 nitrogen and oxygen atoms in total. The van der Waals surface area contributed by atoms with Gasteiger partial charge in [-0.05, 0) is 49.5 Å². The molecule has 0 aromatic heterocycles. The predicted molar refractivity (Wildman–Crippen MR) is 117 cm³/mol. The first-order valence-electron chi connectivity index (χ1n) is 10.3. The van der Waals surface area contributed by atoms with E-state index in [1.165, 1.54) is 6.07 Å². The molecule has 0 unspecified atom stereocenters. The van der Waals surface area contributed by atoms with Crippen molar-refractivity contribution in [3.63, 3.8) is 0 Å². The smallest absolute Gasteiger partial charge is 0.238 e. The molecule has 1 aliphatic rings. The normalized spacial score (nSPS) is 15.0. The minimum absolute atomic E-state index is 0.0963. The number of halogens is 2. The molecule has 0 aliphatic carbocycles. The number of nitrogens with zero attached hydrogens (tertiary/aromatic N) is 1. The van der Waals surface area contributed by atoms with Gasteiger partial charge in [-0.3, -0.25) is 14.5 Å². The summed E-state index contributed by atoms with van der Waals surface area (Å²) in [5.74, 6) is -2.49. The third-order valence-corrected chi connectivity index (χ3v) is 5.58. The van der Waals surface area contributed by atoms with Gasteiger partial charge in [0.05, 0.1) is 6.54 Å². The number of rotatable bonds is 5. The number of carbonyl (C=O) groups excluding carboxylic acids is 2. The minimum Gasteiger partial charge on any atom is -0.326 e. The average Bonchev–Trinajstić information content (AvgIpc) is 2.77. The third kappa shape index (κ3) is 5.06. The fourth-order valence-corrected chi connectivity index (χ4v) is 3.90. The second kappa shape index (κ2) is 9.22. The van der Waals surface area contributed by atoms with Crippen LogP contribution in [0.15, 0.2) is 60.7 Å². The highest BCUT2D eigenvalue weighted by Crippen LogP contribution is 2.24. The van der Waals surface area contributed by atoms with Crippen LogP contribution in [0.2, 0.25) is 0 Å². The van der Waals surface area contributed by atoms with E-state index in [9.17, 15) is 18.4 Å². The monoisotopic (exact) mass is 423 g/mol. The van der Waals surface area contributed by atoms with Crippen LogP contribution in [0.5, 0.6) is 0 Å². The van der Waals surface area contributed by atoms with E-state index in [-0.39, 0.29) is 30.0 Å². The highest BCUT2D eigenvalue weighted by Gasteiger charge is 2.26. The molecule has 2 amide bonds. The van der Waals surface area contributed by atoms with Crippen LogP contribution in [0, 0.1) is 17.6 Å². The van der Waals surface area contributed by atoms with Gasteiger partial charge in [-0.2, -0.15) is 0 Å². The summed E-state index contributed by atoms with van der Waals surface area (Å²) >= 11 is 0. The molecule has 7 heteroatoms. The van der Waals surface area contributed by atoms with Crippen LogP contribution in [-0.4, -0.2) is 36.3 Å². The molecule has 1 aliphatic heterocycles. The molecule has 2 N–H and O–H groups in total. The zero-order valence-electron chi connectivity index (χ0n) is 16.9. The van der Waals surface area contributed by atoms with Crippen LogP contribution in [0.3, 0.4) is 0 Å². The summed E-state index contributed by atoms with van der Waals surface area (Å²) in [5, 5.41) is 7.68. The predicted octanol–water partition coefficient (Wildman–Crippen LogP) is 4.41. The van der Waals surface area contributed by atoms with Crippen molar-refractivity contribution in [1.82, 2.24) is 4.90 Å². The summed E-state index contributed by atoms with van der Waals surface area (Å²) in [7, 11) is 0. The molecule has 3 aromatic carbocycles. The molecule has 160 valence electrons. The van der Waals surface area contributed by atoms with Crippen LogP contribution in [-0.2, 0) is 9.59 Å². The zero-order valence-corrected chi connectivity index (χ0v) is 16.9. The summed E-state index contributed by atoms with van der Waals surface area (Å²) in [4.78, 5) is 27.0. The van der Waals surface area contributed by atoms with E-state index in [4.69, 9.17) is 0 Å². The first-order chi connectivity index (χ1) is 15.0. The number of amides is 2. The summed E-state index contributed by atoms with van der Waals surface area (Å²) in [6.07, 6.45) is 1.19. The van der Waals surface area contributed by atoms with Gasteiger partial charge in [-0.1, -0.05) is 36.4 Å². The summed E-state index contributed by atoms with van der Waals surface area (Å²) < 4.78 is 26.3. The van der Waals surface area contributed by atoms with Crippen LogP contribution >= 0.6 is 0 Å². The summed E-state index contributed by atoms with van der Waals surface area (Å²) in [5.41, 5.74) is 1.02. The van der Waals surface area contributed by atoms with Crippen LogP contribution in [0.25, 0.3) is 10.8 Å². The van der Waals surface area contributed by atoms with Gasteiger partial charge in [0.25, 0.3) is 0 Å². The summed E-state index contributed by atoms with van der Waals surface area (Å²) in [6, 6.07) is 17.0. The van der Waals surface area contributed by atoms with Gasteiger partial charge in [0.1, 0.15) is 0 Å². The van der Waals surface area contributed by atoms with Gasteiger partial charge in [-0.15, -0.1) is 0 Å². The van der Waals surface area contributed by atoms with Crippen molar-refractivity contribution < 1.29 is 18.4 Å². The Bertz CT molecular complexity index is 1110. The van der Waals surface area contributed by atoms with Gasteiger partial charge < -0.3 is 10.6 Å². The number of anilines is 2. The van der Waals surface area contributed by atoms with E-state index in [1.807, 2.05) is 47.4 Å². The van der Waals surface area contributed by atoms with E-state index in [0.29, 0.717) is 25.9 Å². The van der Waals surface area contributed by atoms with Crippen LogP contribution in [0.1, 0.15) is 12.8 Å². The van der Waals surface area contributed by atoms with Gasteiger partial charge in [0.2, 0.25) is 11.8 Å². The molecule has 1 heterocycles. The fraction of sp³-hybridized carbons (Fsp3) is 0.250. The van der Waals surface area contributed by atoms with E-state index in [0.717, 1.165) is 28.6 Å². The molecule has 0 spiro atoms. The van der Waals surface area contributed by atoms with Crippen molar-refractivity contribution in [2.45, 2.75) is 12.8 Å². The number of hydrogen-bond acceptors (Lipinski definition) is 3. The molecule has 3 aromatic rings. The maximum atomic E-state index is 13.3. The molecule has 1 saturated heterocycles. The Morgan fingerprint density at radius 1 is 0.903 bits per heavy atom. The second-order valence-corrected chi connectivity index (χ2v) is 7.74. The van der Waals surface area contributed by atoms with E-state index >= 15 is 0 Å². The fourth-order valence-electron chi connectivity index (χ4n) is 3.90. The maximum absolute atomic E-state index is 13.3. The molecule has 0 bridgehead atoms. The summed E-state index contributed by atoms with van der Waals surface area (Å²) in [6.45, 7) is 1.47. The van der Waals surface area contributed by atoms with E-state index in [2.05, 4.69) is 10.6 Å². The van der Waals surface area contributed by atoms with Crippen molar-refractivity contribution in [2.75, 3.05) is 30.3 Å². The Morgan fingerprint density at radius 2 is 1.65 bits per heavy atom. The third-order valence-electron chi connectivity index (χ3n) is 5.58. The molecule has 0 atom stereocenters. The first-order valence-corrected chi connectivity index (χ1v) is 10.3. The van der Waals surface area contributed by atoms with Crippen molar-refractivity contribution in [3.8, 4) is 0 Å². The highest BCUT2D eigenvalue weighted by atomic mass is 19.2. The topological polar surface area (TPSA) is 61.4 Å². The molecule has 4 rings (SSSR count). The van der Waals surface area contributed by atoms with Crippen molar-refractivity contribution in [3.05, 3.63) is 72.3 Å². The Kier molecular flexibility index (Phi) is 6.23. The lowest BCUT2D eigenvalue weighted by Gasteiger charge is -2.30. The lowest BCUT2D eigenvalue weighted by atomic mass is 9.95. The minimum atomic E-state index is -0.996. The van der Waals surface area contributed by atoms with Crippen molar-refractivity contribution >= 4 is 34.0 Å². The van der Waals surface area contributed by atoms with Crippen LogP contribution in [0.4, 0.5) is 20.2 Å². The Hall–Kier alpha value is -3.32. The quantitative estimate of drug-likeness (QED) is 0.639. The lowest BCUT2D eigenvalue weighted by Crippen LogP contribution is -2.41. The number of likely N-dealkylation sites (tertiary alicyclic amines) is 1. The lowest BCUT2D eigenvalue weighted by molar-refractivity contribution is -0.121. The standard InChI is InChI=1S/C24H23F2N3O2/c25-20-9-8-18(14-21(20)26)27-24(31)17-10-12-29(13-11-17)15-23(30)28-22-7-3-5-16-4-1-2-6-19(16)22/h1-9,14,17H,10-13,15H2,(H,27,31)(H,28,30). The highest BCUT2D eigenvalue weighted by molar-refractivity contribution is 6.02. The van der Waals surface area contributed by atoms with Gasteiger partial charge in [-0.25, -0.2) is 8.78 Å². The average molecular weight is 423 g/mol. The zero-order chi connectivity index (χ0) is 21.8.